The van der Waals surface area contributed by atoms with Crippen molar-refractivity contribution in [1.29, 1.82) is 0 Å². The fourth-order valence-electron chi connectivity index (χ4n) is 3.83. The highest BCUT2D eigenvalue weighted by Crippen LogP contribution is 2.38. The third-order valence-corrected chi connectivity index (χ3v) is 5.10. The average Bonchev–Trinajstić information content (AvgIpc) is 2.61. The molecule has 1 aliphatic rings. The second kappa shape index (κ2) is 8.64. The lowest BCUT2D eigenvalue weighted by molar-refractivity contribution is -0.141. The molecule has 0 saturated carbocycles. The summed E-state index contributed by atoms with van der Waals surface area (Å²) in [6.45, 7) is 8.83. The quantitative estimate of drug-likeness (QED) is 0.620. The first-order valence-electron chi connectivity index (χ1n) is 9.90. The van der Waals surface area contributed by atoms with Gasteiger partial charge in [-0.05, 0) is 66.0 Å². The first-order valence-corrected chi connectivity index (χ1v) is 9.90. The molecule has 0 saturated heterocycles. The number of aliphatic imine (C=N–C) groups is 1. The molecule has 0 fully saturated rings. The largest absolute Gasteiger partial charge is 0.493 e. The Bertz CT molecular complexity index is 830. The van der Waals surface area contributed by atoms with Gasteiger partial charge in [-0.1, -0.05) is 26.8 Å². The number of carboxylic acids is 1. The number of ether oxygens (including phenoxy) is 1. The number of carboxylic acid groups (broad SMARTS) is 1. The Morgan fingerprint density at radius 2 is 1.93 bits per heavy atom. The molecule has 1 aliphatic heterocycles. The molecule has 4 nitrogen and oxygen atoms in total. The SMILES string of the molecule is CN=C(/C(=C(\C)c1ccc2c(c1)CCCO2)C(CC(C)(C)C)C(=O)O)C(C)(F)F. The number of hydrogen-bond acceptors (Lipinski definition) is 3. The van der Waals surface area contributed by atoms with Crippen molar-refractivity contribution in [3.05, 3.63) is 34.9 Å². The lowest BCUT2D eigenvalue weighted by atomic mass is 9.76. The fourth-order valence-corrected chi connectivity index (χ4v) is 3.83. The van der Waals surface area contributed by atoms with Gasteiger partial charge >= 0.3 is 5.97 Å². The summed E-state index contributed by atoms with van der Waals surface area (Å²) in [6.07, 6.45) is 1.95. The van der Waals surface area contributed by atoms with Gasteiger partial charge < -0.3 is 9.84 Å². The summed E-state index contributed by atoms with van der Waals surface area (Å²) in [5.41, 5.74) is 1.50. The molecule has 160 valence electrons. The molecule has 1 aromatic rings. The Morgan fingerprint density at radius 3 is 2.45 bits per heavy atom. The first-order chi connectivity index (χ1) is 13.3. The van der Waals surface area contributed by atoms with E-state index in [2.05, 4.69) is 4.99 Å². The van der Waals surface area contributed by atoms with Crippen LogP contribution in [-0.2, 0) is 11.2 Å². The molecule has 1 N–H and O–H groups in total. The summed E-state index contributed by atoms with van der Waals surface area (Å²) in [5.74, 6) is -4.68. The number of aliphatic carboxylic acids is 1. The predicted octanol–water partition coefficient (Wildman–Crippen LogP) is 5.65. The fraction of sp³-hybridized carbons (Fsp3) is 0.565. The zero-order valence-electron chi connectivity index (χ0n) is 18.1. The molecule has 0 aliphatic carbocycles. The molecule has 1 aromatic carbocycles. The predicted molar refractivity (Wildman–Crippen MR) is 112 cm³/mol. The zero-order chi connectivity index (χ0) is 22.0. The van der Waals surface area contributed by atoms with Crippen molar-refractivity contribution in [3.63, 3.8) is 0 Å². The van der Waals surface area contributed by atoms with E-state index in [4.69, 9.17) is 4.74 Å². The van der Waals surface area contributed by atoms with E-state index < -0.39 is 23.5 Å². The maximum atomic E-state index is 14.5. The van der Waals surface area contributed by atoms with E-state index in [1.165, 1.54) is 7.05 Å². The number of rotatable bonds is 6. The molecule has 0 amide bonds. The molecule has 0 bridgehead atoms. The highest BCUT2D eigenvalue weighted by atomic mass is 19.3. The molecule has 6 heteroatoms. The molecule has 29 heavy (non-hydrogen) atoms. The van der Waals surface area contributed by atoms with Crippen LogP contribution in [0.15, 0.2) is 28.8 Å². The van der Waals surface area contributed by atoms with Gasteiger partial charge in [-0.3, -0.25) is 9.79 Å². The highest BCUT2D eigenvalue weighted by Gasteiger charge is 2.40. The zero-order valence-corrected chi connectivity index (χ0v) is 18.1. The van der Waals surface area contributed by atoms with Gasteiger partial charge in [0.15, 0.2) is 0 Å². The van der Waals surface area contributed by atoms with Gasteiger partial charge in [0.2, 0.25) is 0 Å². The molecular formula is C23H31F2NO3. The number of hydrogen-bond donors (Lipinski definition) is 1. The molecule has 0 aromatic heterocycles. The number of allylic oxidation sites excluding steroid dienone is 1. The summed E-state index contributed by atoms with van der Waals surface area (Å²) < 4.78 is 34.6. The van der Waals surface area contributed by atoms with Crippen LogP contribution in [-0.4, -0.2) is 36.4 Å². The van der Waals surface area contributed by atoms with Gasteiger partial charge in [-0.25, -0.2) is 0 Å². The summed E-state index contributed by atoms with van der Waals surface area (Å²) in [7, 11) is 1.29. The maximum Gasteiger partial charge on any atom is 0.311 e. The lowest BCUT2D eigenvalue weighted by Gasteiger charge is -2.29. The van der Waals surface area contributed by atoms with E-state index in [9.17, 15) is 18.7 Å². The Morgan fingerprint density at radius 1 is 1.28 bits per heavy atom. The van der Waals surface area contributed by atoms with Crippen molar-refractivity contribution in [2.24, 2.45) is 16.3 Å². The molecule has 1 unspecified atom stereocenters. The second-order valence-electron chi connectivity index (χ2n) is 8.93. The number of alkyl halides is 2. The highest BCUT2D eigenvalue weighted by molar-refractivity contribution is 6.13. The van der Waals surface area contributed by atoms with Crippen molar-refractivity contribution in [1.82, 2.24) is 0 Å². The Hall–Kier alpha value is -2.24. The average molecular weight is 408 g/mol. The van der Waals surface area contributed by atoms with Crippen molar-refractivity contribution < 1.29 is 23.4 Å². The molecule has 1 heterocycles. The van der Waals surface area contributed by atoms with Crippen LogP contribution in [0.25, 0.3) is 5.57 Å². The van der Waals surface area contributed by atoms with Crippen LogP contribution in [0, 0.1) is 11.3 Å². The van der Waals surface area contributed by atoms with Crippen LogP contribution in [0.1, 0.15) is 58.6 Å². The third-order valence-electron chi connectivity index (χ3n) is 5.10. The normalized spacial score (nSPS) is 17.2. The van der Waals surface area contributed by atoms with E-state index >= 15 is 0 Å². The first kappa shape index (κ1) is 23.0. The minimum Gasteiger partial charge on any atom is -0.493 e. The molecule has 2 rings (SSSR count). The van der Waals surface area contributed by atoms with Gasteiger partial charge in [0.1, 0.15) is 11.5 Å². The maximum absolute atomic E-state index is 14.5. The summed E-state index contributed by atoms with van der Waals surface area (Å²) >= 11 is 0. The summed E-state index contributed by atoms with van der Waals surface area (Å²) in [4.78, 5) is 16.0. The Balaban J connectivity index is 2.72. The molecule has 0 radical (unpaired) electrons. The number of nitrogens with zero attached hydrogens (tertiary/aromatic N) is 1. The van der Waals surface area contributed by atoms with Crippen LogP contribution in [0.3, 0.4) is 0 Å². The van der Waals surface area contributed by atoms with Crippen molar-refractivity contribution in [2.75, 3.05) is 13.7 Å². The summed E-state index contributed by atoms with van der Waals surface area (Å²) in [6, 6.07) is 5.55. The topological polar surface area (TPSA) is 58.9 Å². The lowest BCUT2D eigenvalue weighted by Crippen LogP contribution is -2.34. The van der Waals surface area contributed by atoms with E-state index in [1.807, 2.05) is 32.9 Å². The number of carbonyl (C=O) groups is 1. The number of fused-ring (bicyclic) bond motifs is 1. The van der Waals surface area contributed by atoms with Crippen LogP contribution in [0.2, 0.25) is 0 Å². The Labute approximate surface area is 171 Å². The van der Waals surface area contributed by atoms with Crippen molar-refractivity contribution in [3.8, 4) is 5.75 Å². The van der Waals surface area contributed by atoms with Gasteiger partial charge in [0.25, 0.3) is 5.92 Å². The third kappa shape index (κ3) is 5.64. The Kier molecular flexibility index (Phi) is 6.86. The second-order valence-corrected chi connectivity index (χ2v) is 8.93. The van der Waals surface area contributed by atoms with E-state index in [1.54, 1.807) is 13.0 Å². The van der Waals surface area contributed by atoms with E-state index in [0.29, 0.717) is 12.2 Å². The van der Waals surface area contributed by atoms with Gasteiger partial charge in [-0.2, -0.15) is 8.78 Å². The standard InChI is InChI=1S/C23H31F2NO3/c1-14(15-9-10-18-16(12-15)8-7-11-29-18)19(20(26-6)23(5,24)25)17(21(27)28)13-22(2,3)4/h9-10,12,17H,7-8,11,13H2,1-6H3,(H,27,28)/b19-14+,26-20?. The van der Waals surface area contributed by atoms with Gasteiger partial charge in [0.05, 0.1) is 12.5 Å². The van der Waals surface area contributed by atoms with Crippen LogP contribution < -0.4 is 4.74 Å². The van der Waals surface area contributed by atoms with Gasteiger partial charge in [-0.15, -0.1) is 0 Å². The molecule has 1 atom stereocenters. The number of aryl methyl sites for hydroxylation is 1. The smallest absolute Gasteiger partial charge is 0.311 e. The molecular weight excluding hydrogens is 376 g/mol. The van der Waals surface area contributed by atoms with Crippen LogP contribution in [0.5, 0.6) is 5.75 Å². The van der Waals surface area contributed by atoms with E-state index in [-0.39, 0.29) is 17.4 Å². The van der Waals surface area contributed by atoms with E-state index in [0.717, 1.165) is 36.6 Å². The van der Waals surface area contributed by atoms with Crippen molar-refractivity contribution in [2.45, 2.75) is 59.8 Å². The van der Waals surface area contributed by atoms with Crippen LogP contribution >= 0.6 is 0 Å². The minimum absolute atomic E-state index is 0.0964. The summed E-state index contributed by atoms with van der Waals surface area (Å²) in [5, 5.41) is 9.95. The minimum atomic E-state index is -3.26. The number of halogens is 2. The monoisotopic (exact) mass is 407 g/mol. The van der Waals surface area contributed by atoms with Crippen LogP contribution in [0.4, 0.5) is 8.78 Å². The number of benzene rings is 1. The van der Waals surface area contributed by atoms with Crippen molar-refractivity contribution >= 4 is 17.3 Å². The molecule has 0 spiro atoms. The van der Waals surface area contributed by atoms with Gasteiger partial charge in [0, 0.05) is 14.0 Å².